The molecule has 5 atom stereocenters. The van der Waals surface area contributed by atoms with E-state index < -0.39 is 24.5 Å². The average molecular weight is 466 g/mol. The molecule has 9 nitrogen and oxygen atoms in total. The van der Waals surface area contributed by atoms with Crippen molar-refractivity contribution in [3.05, 3.63) is 29.8 Å². The number of hydrogen-bond donors (Lipinski definition) is 6. The Morgan fingerprint density at radius 3 is 2.36 bits per heavy atom. The molecular weight excluding hydrogens is 422 g/mol. The van der Waals surface area contributed by atoms with Crippen molar-refractivity contribution in [1.82, 2.24) is 15.5 Å². The molecule has 0 bridgehead atoms. The Morgan fingerprint density at radius 2 is 1.82 bits per heavy atom. The summed E-state index contributed by atoms with van der Waals surface area (Å²) in [5.41, 5.74) is 7.48. The van der Waals surface area contributed by atoms with E-state index in [-0.39, 0.29) is 30.1 Å². The number of benzene rings is 1. The van der Waals surface area contributed by atoms with Crippen molar-refractivity contribution in [2.24, 2.45) is 11.7 Å². The number of nitrogens with two attached hydrogens (primary N) is 1. The van der Waals surface area contributed by atoms with Crippen molar-refractivity contribution in [3.63, 3.8) is 0 Å². The standard InChI is InChI=1S/C24H43N5O4/c1-15(2)18(28-23(32)27-17-9-7-16(8-10-17)24(3,4)5)11-12-29(6)13-19-20(30)21(31)22(33-19)26-14-25/h7-10,15,18-22,26,30-31H,11-14,25H2,1-6H3,(H2,27,28,32)/t18-,19-,20-,21-,22-/m1/s1. The zero-order valence-electron chi connectivity index (χ0n) is 20.8. The Bertz CT molecular complexity index is 737. The van der Waals surface area contributed by atoms with Gasteiger partial charge in [-0.2, -0.15) is 0 Å². The second-order valence-corrected chi connectivity index (χ2v) is 10.3. The molecule has 1 aromatic rings. The van der Waals surface area contributed by atoms with E-state index in [0.29, 0.717) is 13.1 Å². The van der Waals surface area contributed by atoms with Gasteiger partial charge in [-0.15, -0.1) is 0 Å². The minimum atomic E-state index is -1.02. The third kappa shape index (κ3) is 8.20. The van der Waals surface area contributed by atoms with Crippen LogP contribution in [0.2, 0.25) is 0 Å². The Labute approximate surface area is 198 Å². The maximum atomic E-state index is 12.6. The number of aliphatic hydroxyl groups excluding tert-OH is 2. The van der Waals surface area contributed by atoms with Gasteiger partial charge in [-0.1, -0.05) is 46.8 Å². The number of ether oxygens (including phenoxy) is 1. The van der Waals surface area contributed by atoms with Gasteiger partial charge in [0.05, 0.1) is 0 Å². The fraction of sp³-hybridized carbons (Fsp3) is 0.708. The van der Waals surface area contributed by atoms with Gasteiger partial charge in [0.1, 0.15) is 24.5 Å². The molecule has 188 valence electrons. The van der Waals surface area contributed by atoms with Crippen molar-refractivity contribution < 1.29 is 19.7 Å². The average Bonchev–Trinajstić information content (AvgIpc) is 2.98. The number of rotatable bonds is 10. The highest BCUT2D eigenvalue weighted by atomic mass is 16.6. The SMILES string of the molecule is CC(C)[C@@H](CCN(C)C[C@H]1O[C@@H](NCN)[C@H](O)[C@@H]1O)NC(=O)Nc1ccc(C(C)(C)C)cc1. The van der Waals surface area contributed by atoms with Crippen molar-refractivity contribution in [2.75, 3.05) is 32.1 Å². The lowest BCUT2D eigenvalue weighted by molar-refractivity contribution is -0.0210. The molecule has 9 heteroatoms. The number of urea groups is 1. The van der Waals surface area contributed by atoms with E-state index in [0.717, 1.165) is 12.1 Å². The lowest BCUT2D eigenvalue weighted by Gasteiger charge is -2.27. The molecule has 1 aromatic carbocycles. The van der Waals surface area contributed by atoms with Gasteiger partial charge in [0.2, 0.25) is 0 Å². The topological polar surface area (TPSA) is 132 Å². The number of anilines is 1. The van der Waals surface area contributed by atoms with E-state index in [1.165, 1.54) is 5.56 Å². The number of hydrogen-bond acceptors (Lipinski definition) is 7. The molecule has 1 aliphatic heterocycles. The van der Waals surface area contributed by atoms with Crippen molar-refractivity contribution in [1.29, 1.82) is 0 Å². The second kappa shape index (κ2) is 12.1. The van der Waals surface area contributed by atoms with Gasteiger partial charge in [-0.05, 0) is 49.0 Å². The Kier molecular flexibility index (Phi) is 10.1. The van der Waals surface area contributed by atoms with E-state index in [2.05, 4.69) is 50.6 Å². The van der Waals surface area contributed by atoms with Gasteiger partial charge < -0.3 is 36.2 Å². The molecule has 2 amide bonds. The molecule has 0 spiro atoms. The zero-order chi connectivity index (χ0) is 24.8. The van der Waals surface area contributed by atoms with Crippen LogP contribution in [-0.2, 0) is 10.2 Å². The summed E-state index contributed by atoms with van der Waals surface area (Å²) in [6.45, 7) is 11.9. The molecule has 0 radical (unpaired) electrons. The highest BCUT2D eigenvalue weighted by Gasteiger charge is 2.42. The van der Waals surface area contributed by atoms with E-state index in [1.54, 1.807) is 0 Å². The molecule has 0 aliphatic carbocycles. The second-order valence-electron chi connectivity index (χ2n) is 10.3. The third-order valence-electron chi connectivity index (χ3n) is 6.12. The quantitative estimate of drug-likeness (QED) is 0.288. The predicted octanol–water partition coefficient (Wildman–Crippen LogP) is 1.40. The molecular formula is C24H43N5O4. The third-order valence-corrected chi connectivity index (χ3v) is 6.12. The number of aliphatic hydroxyl groups is 2. The Hall–Kier alpha value is -1.75. The highest BCUT2D eigenvalue weighted by molar-refractivity contribution is 5.89. The molecule has 33 heavy (non-hydrogen) atoms. The number of amides is 2. The summed E-state index contributed by atoms with van der Waals surface area (Å²) in [4.78, 5) is 14.6. The molecule has 0 aromatic heterocycles. The van der Waals surface area contributed by atoms with Crippen molar-refractivity contribution >= 4 is 11.7 Å². The van der Waals surface area contributed by atoms with E-state index in [1.807, 2.05) is 36.2 Å². The van der Waals surface area contributed by atoms with Crippen LogP contribution in [0.15, 0.2) is 24.3 Å². The lowest BCUT2D eigenvalue weighted by Crippen LogP contribution is -2.44. The van der Waals surface area contributed by atoms with Crippen LogP contribution in [0, 0.1) is 5.92 Å². The Balaban J connectivity index is 1.83. The molecule has 0 unspecified atom stereocenters. The van der Waals surface area contributed by atoms with Crippen LogP contribution in [0.3, 0.4) is 0 Å². The summed E-state index contributed by atoms with van der Waals surface area (Å²) in [6, 6.07) is 7.67. The van der Waals surface area contributed by atoms with Crippen LogP contribution >= 0.6 is 0 Å². The molecule has 1 saturated heterocycles. The normalized spacial score (nSPS) is 24.3. The smallest absolute Gasteiger partial charge is 0.319 e. The van der Waals surface area contributed by atoms with Gasteiger partial charge in [0, 0.05) is 24.9 Å². The van der Waals surface area contributed by atoms with Crippen molar-refractivity contribution in [3.8, 4) is 0 Å². The molecule has 2 rings (SSSR count). The number of likely N-dealkylation sites (N-methyl/N-ethyl adjacent to an activating group) is 1. The Morgan fingerprint density at radius 1 is 1.18 bits per heavy atom. The number of nitrogens with one attached hydrogen (secondary N) is 3. The zero-order valence-corrected chi connectivity index (χ0v) is 20.8. The summed E-state index contributed by atoms with van der Waals surface area (Å²) >= 11 is 0. The minimum Gasteiger partial charge on any atom is -0.387 e. The monoisotopic (exact) mass is 465 g/mol. The highest BCUT2D eigenvalue weighted by Crippen LogP contribution is 2.23. The number of nitrogens with zero attached hydrogens (tertiary/aromatic N) is 1. The first-order valence-electron chi connectivity index (χ1n) is 11.7. The number of carbonyl (C=O) groups excluding carboxylic acids is 1. The summed E-state index contributed by atoms with van der Waals surface area (Å²) in [5, 5.41) is 29.1. The van der Waals surface area contributed by atoms with Gasteiger partial charge in [-0.25, -0.2) is 4.79 Å². The van der Waals surface area contributed by atoms with Crippen LogP contribution in [0.25, 0.3) is 0 Å². The summed E-state index contributed by atoms with van der Waals surface area (Å²) in [6.07, 6.45) is -2.45. The van der Waals surface area contributed by atoms with Crippen LogP contribution in [0.5, 0.6) is 0 Å². The molecule has 0 saturated carbocycles. The fourth-order valence-electron chi connectivity index (χ4n) is 3.90. The van der Waals surface area contributed by atoms with Crippen LogP contribution in [-0.4, -0.2) is 78.5 Å². The summed E-state index contributed by atoms with van der Waals surface area (Å²) in [7, 11) is 1.93. The molecule has 7 N–H and O–H groups in total. The van der Waals surface area contributed by atoms with E-state index in [9.17, 15) is 15.0 Å². The maximum absolute atomic E-state index is 12.6. The maximum Gasteiger partial charge on any atom is 0.319 e. The molecule has 1 heterocycles. The van der Waals surface area contributed by atoms with Gasteiger partial charge in [0.15, 0.2) is 0 Å². The minimum absolute atomic E-state index is 0.0204. The number of carbonyl (C=O) groups is 1. The van der Waals surface area contributed by atoms with Gasteiger partial charge in [-0.3, -0.25) is 5.32 Å². The van der Waals surface area contributed by atoms with E-state index >= 15 is 0 Å². The largest absolute Gasteiger partial charge is 0.387 e. The molecule has 1 aliphatic rings. The van der Waals surface area contributed by atoms with Crippen LogP contribution in [0.1, 0.15) is 46.6 Å². The van der Waals surface area contributed by atoms with Gasteiger partial charge >= 0.3 is 6.03 Å². The first-order valence-corrected chi connectivity index (χ1v) is 11.7. The van der Waals surface area contributed by atoms with Crippen LogP contribution < -0.4 is 21.7 Å². The van der Waals surface area contributed by atoms with Crippen LogP contribution in [0.4, 0.5) is 10.5 Å². The summed E-state index contributed by atoms with van der Waals surface area (Å²) in [5.74, 6) is 0.251. The first kappa shape index (κ1) is 27.5. The molecule has 1 fully saturated rings. The van der Waals surface area contributed by atoms with Gasteiger partial charge in [0.25, 0.3) is 0 Å². The predicted molar refractivity (Wildman–Crippen MR) is 131 cm³/mol. The van der Waals surface area contributed by atoms with E-state index in [4.69, 9.17) is 10.5 Å². The lowest BCUT2D eigenvalue weighted by atomic mass is 9.87. The summed E-state index contributed by atoms with van der Waals surface area (Å²) < 4.78 is 5.70. The van der Waals surface area contributed by atoms with Crippen molar-refractivity contribution in [2.45, 2.75) is 77.0 Å². The fourth-order valence-corrected chi connectivity index (χ4v) is 3.90. The first-order chi connectivity index (χ1) is 15.4.